The quantitative estimate of drug-likeness (QED) is 0.315. The number of imide groups is 1. The monoisotopic (exact) mass is 437 g/mol. The number of hydrogen-bond acceptors (Lipinski definition) is 4. The minimum Gasteiger partial charge on any atom is -0.423 e. The molecule has 2 bridgehead atoms. The van der Waals surface area contributed by atoms with E-state index in [1.165, 1.54) is 4.90 Å². The van der Waals surface area contributed by atoms with Gasteiger partial charge in [-0.15, -0.1) is 0 Å². The molecule has 0 unspecified atom stereocenters. The van der Waals surface area contributed by atoms with Crippen LogP contribution in [0.2, 0.25) is 0 Å². The number of halogens is 1. The van der Waals surface area contributed by atoms with Gasteiger partial charge in [0.15, 0.2) is 0 Å². The lowest BCUT2D eigenvalue weighted by Crippen LogP contribution is -2.32. The summed E-state index contributed by atoms with van der Waals surface area (Å²) in [5.74, 6) is -0.684. The maximum absolute atomic E-state index is 12.9. The van der Waals surface area contributed by atoms with Gasteiger partial charge in [-0.05, 0) is 54.7 Å². The van der Waals surface area contributed by atoms with Crippen molar-refractivity contribution in [2.45, 2.75) is 6.42 Å². The highest BCUT2D eigenvalue weighted by Gasteiger charge is 2.59. The van der Waals surface area contributed by atoms with Crippen molar-refractivity contribution in [3.8, 4) is 5.75 Å². The minimum absolute atomic E-state index is 0.150. The number of anilines is 1. The lowest BCUT2D eigenvalue weighted by Gasteiger charge is -2.18. The van der Waals surface area contributed by atoms with Crippen LogP contribution in [0.1, 0.15) is 16.8 Å². The third-order valence-electron chi connectivity index (χ3n) is 5.84. The normalized spacial score (nSPS) is 27.4. The third-order valence-corrected chi connectivity index (χ3v) is 6.37. The highest BCUT2D eigenvalue weighted by molar-refractivity contribution is 9.10. The molecule has 2 aliphatic carbocycles. The van der Waals surface area contributed by atoms with E-state index in [9.17, 15) is 14.4 Å². The highest BCUT2D eigenvalue weighted by Crippen LogP contribution is 2.53. The summed E-state index contributed by atoms with van der Waals surface area (Å²) in [5, 5.41) is 0. The molecule has 0 N–H and O–H groups in total. The number of esters is 1. The van der Waals surface area contributed by atoms with E-state index in [0.717, 1.165) is 10.9 Å². The third kappa shape index (κ3) is 2.63. The average Bonchev–Trinajstić information content (AvgIpc) is 3.36. The molecule has 0 spiro atoms. The zero-order valence-corrected chi connectivity index (χ0v) is 16.3. The van der Waals surface area contributed by atoms with Gasteiger partial charge in [0.05, 0.1) is 23.1 Å². The molecular weight excluding hydrogens is 422 g/mol. The van der Waals surface area contributed by atoms with Crippen LogP contribution in [0.5, 0.6) is 5.75 Å². The molecule has 1 saturated heterocycles. The molecule has 0 aromatic heterocycles. The Morgan fingerprint density at radius 2 is 1.61 bits per heavy atom. The number of fused-ring (bicyclic) bond motifs is 5. The van der Waals surface area contributed by atoms with Gasteiger partial charge in [-0.1, -0.05) is 34.1 Å². The van der Waals surface area contributed by atoms with Crippen LogP contribution in [0.3, 0.4) is 0 Å². The second kappa shape index (κ2) is 6.41. The van der Waals surface area contributed by atoms with Crippen molar-refractivity contribution in [3.63, 3.8) is 0 Å². The molecule has 2 fully saturated rings. The Labute approximate surface area is 170 Å². The molecule has 140 valence electrons. The Morgan fingerprint density at radius 3 is 2.25 bits per heavy atom. The van der Waals surface area contributed by atoms with Crippen LogP contribution < -0.4 is 9.64 Å². The van der Waals surface area contributed by atoms with Crippen LogP contribution in [-0.2, 0) is 9.59 Å². The van der Waals surface area contributed by atoms with Gasteiger partial charge in [0, 0.05) is 10.5 Å². The molecule has 3 aliphatic rings. The average molecular weight is 438 g/mol. The fraction of sp³-hybridized carbons (Fsp3) is 0.227. The fourth-order valence-corrected chi connectivity index (χ4v) is 4.86. The molecule has 1 heterocycles. The molecule has 28 heavy (non-hydrogen) atoms. The van der Waals surface area contributed by atoms with Gasteiger partial charge in [-0.3, -0.25) is 9.59 Å². The molecule has 4 atom stereocenters. The highest BCUT2D eigenvalue weighted by atomic mass is 79.9. The number of carbonyl (C=O) groups is 3. The van der Waals surface area contributed by atoms with Crippen molar-refractivity contribution in [2.75, 3.05) is 4.90 Å². The van der Waals surface area contributed by atoms with Crippen LogP contribution in [-0.4, -0.2) is 17.8 Å². The number of ether oxygens (including phenoxy) is 1. The lowest BCUT2D eigenvalue weighted by molar-refractivity contribution is -0.123. The summed E-state index contributed by atoms with van der Waals surface area (Å²) in [7, 11) is 0. The second-order valence-corrected chi connectivity index (χ2v) is 8.32. The van der Waals surface area contributed by atoms with E-state index in [-0.39, 0.29) is 35.5 Å². The SMILES string of the molecule is O=C(Oc1cccc(N2C(=O)[C@@H]3[C@@H](C2=O)[C@H]2C=C[C@H]3C2)c1)c1ccc(Br)cc1. The van der Waals surface area contributed by atoms with Crippen molar-refractivity contribution in [3.05, 3.63) is 70.7 Å². The topological polar surface area (TPSA) is 63.7 Å². The molecule has 5 nitrogen and oxygen atoms in total. The van der Waals surface area contributed by atoms with Crippen molar-refractivity contribution in [2.24, 2.45) is 23.7 Å². The zero-order valence-electron chi connectivity index (χ0n) is 14.7. The number of rotatable bonds is 3. The summed E-state index contributed by atoms with van der Waals surface area (Å²) in [6.07, 6.45) is 5.03. The predicted octanol–water partition coefficient (Wildman–Crippen LogP) is 3.98. The van der Waals surface area contributed by atoms with E-state index in [1.54, 1.807) is 48.5 Å². The largest absolute Gasteiger partial charge is 0.423 e. The molecular formula is C22H16BrNO4. The van der Waals surface area contributed by atoms with Gasteiger partial charge in [0.1, 0.15) is 5.75 Å². The number of allylic oxidation sites excluding steroid dienone is 2. The van der Waals surface area contributed by atoms with E-state index < -0.39 is 5.97 Å². The van der Waals surface area contributed by atoms with Gasteiger partial charge in [0.2, 0.25) is 11.8 Å². The summed E-state index contributed by atoms with van der Waals surface area (Å²) in [6.45, 7) is 0. The standard InChI is InChI=1S/C22H16BrNO4/c23-15-8-6-12(7-9-15)22(27)28-17-3-1-2-16(11-17)24-20(25)18-13-4-5-14(10-13)19(18)21(24)26/h1-9,11,13-14,18-19H,10H2/t13-,14-,18-,19-/m0/s1. The molecule has 2 aromatic rings. The van der Waals surface area contributed by atoms with Crippen molar-refractivity contribution in [1.29, 1.82) is 0 Å². The van der Waals surface area contributed by atoms with Gasteiger partial charge >= 0.3 is 5.97 Å². The maximum Gasteiger partial charge on any atom is 0.343 e. The zero-order chi connectivity index (χ0) is 19.4. The Morgan fingerprint density at radius 1 is 0.964 bits per heavy atom. The fourth-order valence-electron chi connectivity index (χ4n) is 4.59. The van der Waals surface area contributed by atoms with Gasteiger partial charge < -0.3 is 4.74 Å². The number of benzene rings is 2. The van der Waals surface area contributed by atoms with Crippen LogP contribution in [0.15, 0.2) is 65.2 Å². The second-order valence-electron chi connectivity index (χ2n) is 7.41. The molecule has 5 rings (SSSR count). The van der Waals surface area contributed by atoms with Crippen molar-refractivity contribution < 1.29 is 19.1 Å². The Kier molecular flexibility index (Phi) is 3.98. The van der Waals surface area contributed by atoms with Crippen LogP contribution >= 0.6 is 15.9 Å². The summed E-state index contributed by atoms with van der Waals surface area (Å²) >= 11 is 3.33. The first-order chi connectivity index (χ1) is 13.5. The van der Waals surface area contributed by atoms with E-state index >= 15 is 0 Å². The summed E-state index contributed by atoms with van der Waals surface area (Å²) in [4.78, 5) is 39.5. The van der Waals surface area contributed by atoms with E-state index in [2.05, 4.69) is 28.1 Å². The predicted molar refractivity (Wildman–Crippen MR) is 106 cm³/mol. The first-order valence-corrected chi connectivity index (χ1v) is 9.96. The molecule has 6 heteroatoms. The Hall–Kier alpha value is -2.73. The van der Waals surface area contributed by atoms with Crippen LogP contribution in [0.25, 0.3) is 0 Å². The molecule has 2 amide bonds. The smallest absolute Gasteiger partial charge is 0.343 e. The summed E-state index contributed by atoms with van der Waals surface area (Å²) in [6, 6.07) is 13.4. The lowest BCUT2D eigenvalue weighted by atomic mass is 9.85. The van der Waals surface area contributed by atoms with Crippen LogP contribution in [0, 0.1) is 23.7 Å². The molecule has 0 radical (unpaired) electrons. The number of amides is 2. The summed E-state index contributed by atoms with van der Waals surface area (Å²) in [5.41, 5.74) is 0.865. The number of hydrogen-bond donors (Lipinski definition) is 0. The maximum atomic E-state index is 12.9. The van der Waals surface area contributed by atoms with Gasteiger partial charge in [0.25, 0.3) is 0 Å². The Bertz CT molecular complexity index is 999. The molecule has 1 aliphatic heterocycles. The summed E-state index contributed by atoms with van der Waals surface area (Å²) < 4.78 is 6.31. The van der Waals surface area contributed by atoms with E-state index in [1.807, 2.05) is 0 Å². The Balaban J connectivity index is 1.39. The first-order valence-electron chi connectivity index (χ1n) is 9.17. The van der Waals surface area contributed by atoms with Gasteiger partial charge in [-0.25, -0.2) is 9.69 Å². The molecule has 2 aromatic carbocycles. The number of nitrogens with zero attached hydrogens (tertiary/aromatic N) is 1. The van der Waals surface area contributed by atoms with Crippen molar-refractivity contribution >= 4 is 39.4 Å². The molecule has 1 saturated carbocycles. The van der Waals surface area contributed by atoms with Crippen LogP contribution in [0.4, 0.5) is 5.69 Å². The number of carbonyl (C=O) groups excluding carboxylic acids is 3. The van der Waals surface area contributed by atoms with Crippen molar-refractivity contribution in [1.82, 2.24) is 0 Å². The van der Waals surface area contributed by atoms with E-state index in [4.69, 9.17) is 4.74 Å². The first kappa shape index (κ1) is 17.4. The van der Waals surface area contributed by atoms with Gasteiger partial charge in [-0.2, -0.15) is 0 Å². The minimum atomic E-state index is -0.497. The van der Waals surface area contributed by atoms with E-state index in [0.29, 0.717) is 17.0 Å².